The number of para-hydroxylation sites is 2. The molecule has 3 aromatic rings. The topological polar surface area (TPSA) is 76.7 Å². The van der Waals surface area contributed by atoms with Crippen LogP contribution in [-0.2, 0) is 4.79 Å². The second kappa shape index (κ2) is 10.2. The van der Waals surface area contributed by atoms with Crippen molar-refractivity contribution in [2.45, 2.75) is 13.0 Å². The number of carbonyl (C=O) groups excluding carboxylic acids is 2. The number of benzene rings is 3. The number of hydrogen-bond acceptors (Lipinski definition) is 4. The first-order valence-corrected chi connectivity index (χ1v) is 10.1. The van der Waals surface area contributed by atoms with E-state index in [0.717, 1.165) is 0 Å². The highest BCUT2D eigenvalue weighted by molar-refractivity contribution is 6.42. The zero-order chi connectivity index (χ0) is 22.4. The molecule has 1 atom stereocenters. The van der Waals surface area contributed by atoms with Crippen LogP contribution in [0.25, 0.3) is 0 Å². The predicted octanol–water partition coefficient (Wildman–Crippen LogP) is 5.66. The Morgan fingerprint density at radius 3 is 2.26 bits per heavy atom. The zero-order valence-electron chi connectivity index (χ0n) is 16.8. The van der Waals surface area contributed by atoms with Crippen molar-refractivity contribution in [1.82, 2.24) is 0 Å². The van der Waals surface area contributed by atoms with Gasteiger partial charge in [-0.2, -0.15) is 0 Å². The Bertz CT molecular complexity index is 1090. The van der Waals surface area contributed by atoms with Gasteiger partial charge in [-0.3, -0.25) is 9.59 Å². The Hall–Kier alpha value is -3.22. The maximum Gasteiger partial charge on any atom is 0.265 e. The van der Waals surface area contributed by atoms with E-state index in [9.17, 15) is 9.59 Å². The molecule has 2 amide bonds. The number of halogens is 2. The van der Waals surface area contributed by atoms with E-state index in [1.54, 1.807) is 67.6 Å². The monoisotopic (exact) mass is 458 g/mol. The lowest BCUT2D eigenvalue weighted by atomic mass is 10.2. The first-order valence-electron chi connectivity index (χ1n) is 9.35. The minimum atomic E-state index is -0.815. The van der Waals surface area contributed by atoms with E-state index < -0.39 is 6.10 Å². The molecule has 0 bridgehead atoms. The summed E-state index contributed by atoms with van der Waals surface area (Å²) in [5.74, 6) is 0.214. The van der Waals surface area contributed by atoms with Gasteiger partial charge in [0.25, 0.3) is 11.8 Å². The van der Waals surface area contributed by atoms with Crippen LogP contribution in [0.1, 0.15) is 17.3 Å². The van der Waals surface area contributed by atoms with E-state index in [4.69, 9.17) is 32.7 Å². The van der Waals surface area contributed by atoms with Crippen LogP contribution >= 0.6 is 23.2 Å². The molecule has 0 aliphatic heterocycles. The smallest absolute Gasteiger partial charge is 0.265 e. The molecule has 160 valence electrons. The average Bonchev–Trinajstić information content (AvgIpc) is 2.77. The fourth-order valence-corrected chi connectivity index (χ4v) is 3.05. The second-order valence-corrected chi connectivity index (χ2v) is 7.32. The van der Waals surface area contributed by atoms with E-state index in [1.807, 2.05) is 6.07 Å². The second-order valence-electron chi connectivity index (χ2n) is 6.53. The lowest BCUT2D eigenvalue weighted by Crippen LogP contribution is -2.30. The number of nitrogens with one attached hydrogen (secondary N) is 2. The fraction of sp³-hybridized carbons (Fsp3) is 0.130. The molecular weight excluding hydrogens is 439 g/mol. The van der Waals surface area contributed by atoms with Crippen molar-refractivity contribution in [1.29, 1.82) is 0 Å². The van der Waals surface area contributed by atoms with Gasteiger partial charge < -0.3 is 20.1 Å². The summed E-state index contributed by atoms with van der Waals surface area (Å²) in [5.41, 5.74) is 1.52. The number of ether oxygens (including phenoxy) is 2. The molecule has 2 N–H and O–H groups in total. The van der Waals surface area contributed by atoms with Crippen molar-refractivity contribution in [2.24, 2.45) is 0 Å². The van der Waals surface area contributed by atoms with Gasteiger partial charge in [0.1, 0.15) is 16.5 Å². The summed E-state index contributed by atoms with van der Waals surface area (Å²) in [4.78, 5) is 24.9. The molecule has 0 aliphatic rings. The SMILES string of the molecule is COc1ccccc1NC(=O)c1ccc(NC(=O)C(C)Oc2cccc(Cl)c2Cl)cc1. The largest absolute Gasteiger partial charge is 0.495 e. The first-order chi connectivity index (χ1) is 14.9. The van der Waals surface area contributed by atoms with Crippen molar-refractivity contribution in [3.05, 3.63) is 82.3 Å². The van der Waals surface area contributed by atoms with Crippen LogP contribution in [0.3, 0.4) is 0 Å². The number of hydrogen-bond donors (Lipinski definition) is 2. The Balaban J connectivity index is 1.61. The lowest BCUT2D eigenvalue weighted by Gasteiger charge is -2.16. The maximum atomic E-state index is 12.5. The first kappa shape index (κ1) is 22.5. The highest BCUT2D eigenvalue weighted by atomic mass is 35.5. The molecule has 3 aromatic carbocycles. The van der Waals surface area contributed by atoms with Gasteiger partial charge in [-0.15, -0.1) is 0 Å². The predicted molar refractivity (Wildman–Crippen MR) is 123 cm³/mol. The Morgan fingerprint density at radius 2 is 1.55 bits per heavy atom. The quantitative estimate of drug-likeness (QED) is 0.478. The third-order valence-corrected chi connectivity index (χ3v) is 5.16. The minimum absolute atomic E-state index is 0.245. The van der Waals surface area contributed by atoms with E-state index in [1.165, 1.54) is 7.11 Å². The summed E-state index contributed by atoms with van der Waals surface area (Å²) in [6.45, 7) is 1.60. The molecule has 0 saturated carbocycles. The van der Waals surface area contributed by atoms with Gasteiger partial charge in [-0.1, -0.05) is 41.4 Å². The van der Waals surface area contributed by atoms with Gasteiger partial charge >= 0.3 is 0 Å². The van der Waals surface area contributed by atoms with E-state index in [2.05, 4.69) is 10.6 Å². The van der Waals surface area contributed by atoms with Crippen molar-refractivity contribution >= 4 is 46.4 Å². The van der Waals surface area contributed by atoms with Crippen molar-refractivity contribution in [3.63, 3.8) is 0 Å². The van der Waals surface area contributed by atoms with Crippen LogP contribution in [0.2, 0.25) is 10.0 Å². The summed E-state index contributed by atoms with van der Waals surface area (Å²) >= 11 is 12.1. The van der Waals surface area contributed by atoms with Gasteiger partial charge in [0, 0.05) is 11.3 Å². The molecule has 6 nitrogen and oxygen atoms in total. The van der Waals surface area contributed by atoms with Crippen molar-refractivity contribution < 1.29 is 19.1 Å². The highest BCUT2D eigenvalue weighted by Crippen LogP contribution is 2.32. The zero-order valence-corrected chi connectivity index (χ0v) is 18.3. The molecule has 8 heteroatoms. The number of carbonyl (C=O) groups is 2. The van der Waals surface area contributed by atoms with E-state index in [-0.39, 0.29) is 16.8 Å². The standard InChI is InChI=1S/C23H20Cl2N2O4/c1-14(31-20-9-5-6-17(24)21(20)25)22(28)26-16-12-10-15(11-13-16)23(29)27-18-7-3-4-8-19(18)30-2/h3-14H,1-2H3,(H,26,28)(H,27,29). The third-order valence-electron chi connectivity index (χ3n) is 4.36. The van der Waals surface area contributed by atoms with Crippen LogP contribution in [-0.4, -0.2) is 25.0 Å². The number of anilines is 2. The normalized spacial score (nSPS) is 11.4. The summed E-state index contributed by atoms with van der Waals surface area (Å²) in [5, 5.41) is 6.12. The van der Waals surface area contributed by atoms with Gasteiger partial charge in [0.15, 0.2) is 6.10 Å². The number of methoxy groups -OCH3 is 1. The molecule has 0 heterocycles. The summed E-state index contributed by atoms with van der Waals surface area (Å²) in [7, 11) is 1.54. The molecule has 3 rings (SSSR count). The summed E-state index contributed by atoms with van der Waals surface area (Å²) < 4.78 is 10.8. The van der Waals surface area contributed by atoms with Crippen LogP contribution in [0.15, 0.2) is 66.7 Å². The molecule has 0 saturated heterocycles. The Morgan fingerprint density at radius 1 is 0.871 bits per heavy atom. The highest BCUT2D eigenvalue weighted by Gasteiger charge is 2.17. The number of amides is 2. The van der Waals surface area contributed by atoms with Crippen molar-refractivity contribution in [2.75, 3.05) is 17.7 Å². The molecule has 0 aromatic heterocycles. The Labute approximate surface area is 190 Å². The molecular formula is C23H20Cl2N2O4. The summed E-state index contributed by atoms with van der Waals surface area (Å²) in [6.07, 6.45) is -0.815. The van der Waals surface area contributed by atoms with Crippen LogP contribution in [0.5, 0.6) is 11.5 Å². The lowest BCUT2D eigenvalue weighted by molar-refractivity contribution is -0.122. The molecule has 1 unspecified atom stereocenters. The van der Waals surface area contributed by atoms with Crippen molar-refractivity contribution in [3.8, 4) is 11.5 Å². The van der Waals surface area contributed by atoms with Gasteiger partial charge in [0.05, 0.1) is 17.8 Å². The number of rotatable bonds is 7. The van der Waals surface area contributed by atoms with Crippen LogP contribution < -0.4 is 20.1 Å². The summed E-state index contributed by atoms with van der Waals surface area (Å²) in [6, 6.07) is 18.6. The van der Waals surface area contributed by atoms with Crippen LogP contribution in [0.4, 0.5) is 11.4 Å². The third kappa shape index (κ3) is 5.69. The minimum Gasteiger partial charge on any atom is -0.495 e. The molecule has 0 radical (unpaired) electrons. The van der Waals surface area contributed by atoms with Gasteiger partial charge in [-0.05, 0) is 55.5 Å². The van der Waals surface area contributed by atoms with Gasteiger partial charge in [0.2, 0.25) is 0 Å². The average molecular weight is 459 g/mol. The Kier molecular flexibility index (Phi) is 7.39. The molecule has 0 aliphatic carbocycles. The molecule has 31 heavy (non-hydrogen) atoms. The van der Waals surface area contributed by atoms with Gasteiger partial charge in [-0.25, -0.2) is 0 Å². The maximum absolute atomic E-state index is 12.5. The fourth-order valence-electron chi connectivity index (χ4n) is 2.71. The van der Waals surface area contributed by atoms with E-state index in [0.29, 0.717) is 33.5 Å². The molecule has 0 spiro atoms. The van der Waals surface area contributed by atoms with Crippen LogP contribution in [0, 0.1) is 0 Å². The molecule has 0 fully saturated rings. The van der Waals surface area contributed by atoms with E-state index >= 15 is 0 Å².